The maximum atomic E-state index is 13.1. The van der Waals surface area contributed by atoms with Crippen LogP contribution in [0.15, 0.2) is 24.3 Å². The molecule has 4 aliphatic carbocycles. The van der Waals surface area contributed by atoms with Crippen molar-refractivity contribution in [1.82, 2.24) is 0 Å². The van der Waals surface area contributed by atoms with E-state index in [0.717, 1.165) is 17.4 Å². The highest BCUT2D eigenvalue weighted by Gasteiger charge is 2.57. The number of benzene rings is 1. The van der Waals surface area contributed by atoms with E-state index in [4.69, 9.17) is 11.6 Å². The van der Waals surface area contributed by atoms with Gasteiger partial charge in [-0.05, 0) is 73.5 Å². The first-order valence-electron chi connectivity index (χ1n) is 7.11. The summed E-state index contributed by atoms with van der Waals surface area (Å²) < 4.78 is 13.1. The van der Waals surface area contributed by atoms with Gasteiger partial charge >= 0.3 is 0 Å². The van der Waals surface area contributed by atoms with Crippen LogP contribution in [0.25, 0.3) is 0 Å². The SMILES string of the molecule is Fc1ccc(C2(Cl)C3CC4CC(C3)CC2C4)cc1. The summed E-state index contributed by atoms with van der Waals surface area (Å²) in [7, 11) is 0. The molecule has 0 heterocycles. The molecule has 0 aliphatic heterocycles. The van der Waals surface area contributed by atoms with Gasteiger partial charge in [0.2, 0.25) is 0 Å². The van der Waals surface area contributed by atoms with Gasteiger partial charge in [0.05, 0.1) is 4.87 Å². The van der Waals surface area contributed by atoms with Crippen molar-refractivity contribution < 1.29 is 4.39 Å². The third-order valence-electron chi connectivity index (χ3n) is 5.61. The Morgan fingerprint density at radius 1 is 0.889 bits per heavy atom. The van der Waals surface area contributed by atoms with Crippen molar-refractivity contribution in [2.24, 2.45) is 23.7 Å². The summed E-state index contributed by atoms with van der Waals surface area (Å²) >= 11 is 7.08. The largest absolute Gasteiger partial charge is 0.207 e. The molecule has 0 radical (unpaired) electrons. The summed E-state index contributed by atoms with van der Waals surface area (Å²) in [4.78, 5) is -0.207. The van der Waals surface area contributed by atoms with E-state index in [2.05, 4.69) is 0 Å². The Balaban J connectivity index is 1.76. The highest BCUT2D eigenvalue weighted by molar-refractivity contribution is 6.24. The fourth-order valence-electron chi connectivity index (χ4n) is 5.05. The fourth-order valence-corrected chi connectivity index (χ4v) is 5.53. The zero-order chi connectivity index (χ0) is 12.3. The standard InChI is InChI=1S/C16H18ClF/c17-16(12-1-3-15(18)4-2-12)13-6-10-5-11(8-13)9-14(16)7-10/h1-4,10-11,13-14H,5-9H2. The number of halogens is 2. The molecule has 0 unspecified atom stereocenters. The molecule has 0 amide bonds. The van der Waals surface area contributed by atoms with E-state index in [1.165, 1.54) is 32.1 Å². The van der Waals surface area contributed by atoms with Crippen LogP contribution in [0.3, 0.4) is 0 Å². The van der Waals surface area contributed by atoms with Gasteiger partial charge in [-0.2, -0.15) is 0 Å². The maximum absolute atomic E-state index is 13.1. The minimum atomic E-state index is -0.207. The van der Waals surface area contributed by atoms with Gasteiger partial charge in [0.1, 0.15) is 5.82 Å². The van der Waals surface area contributed by atoms with Crippen LogP contribution >= 0.6 is 11.6 Å². The van der Waals surface area contributed by atoms with Gasteiger partial charge < -0.3 is 0 Å². The van der Waals surface area contributed by atoms with Crippen LogP contribution in [0.4, 0.5) is 4.39 Å². The van der Waals surface area contributed by atoms with Gasteiger partial charge in [-0.3, -0.25) is 0 Å². The first-order chi connectivity index (χ1) is 8.66. The van der Waals surface area contributed by atoms with Gasteiger partial charge in [0.25, 0.3) is 0 Å². The van der Waals surface area contributed by atoms with Crippen LogP contribution in [0.5, 0.6) is 0 Å². The zero-order valence-electron chi connectivity index (χ0n) is 10.4. The smallest absolute Gasteiger partial charge is 0.123 e. The summed E-state index contributed by atoms with van der Waals surface area (Å²) in [5, 5.41) is 0. The summed E-state index contributed by atoms with van der Waals surface area (Å²) in [6.45, 7) is 0. The number of hydrogen-bond acceptors (Lipinski definition) is 0. The molecule has 4 saturated carbocycles. The number of rotatable bonds is 1. The Morgan fingerprint density at radius 3 is 1.89 bits per heavy atom. The third kappa shape index (κ3) is 1.43. The Morgan fingerprint density at radius 2 is 1.39 bits per heavy atom. The average Bonchev–Trinajstić information content (AvgIpc) is 2.35. The van der Waals surface area contributed by atoms with Gasteiger partial charge in [-0.1, -0.05) is 12.1 Å². The van der Waals surface area contributed by atoms with Crippen molar-refractivity contribution in [2.75, 3.05) is 0 Å². The van der Waals surface area contributed by atoms with E-state index in [1.54, 1.807) is 12.1 Å². The molecule has 0 aromatic heterocycles. The van der Waals surface area contributed by atoms with Crippen LogP contribution in [0, 0.1) is 29.5 Å². The molecule has 4 fully saturated rings. The second-order valence-corrected chi connectivity index (χ2v) is 7.20. The van der Waals surface area contributed by atoms with Gasteiger partial charge in [-0.25, -0.2) is 4.39 Å². The van der Waals surface area contributed by atoms with Crippen molar-refractivity contribution in [3.05, 3.63) is 35.6 Å². The lowest BCUT2D eigenvalue weighted by Crippen LogP contribution is -2.52. The maximum Gasteiger partial charge on any atom is 0.123 e. The predicted molar refractivity (Wildman–Crippen MR) is 71.0 cm³/mol. The van der Waals surface area contributed by atoms with Crippen LogP contribution in [0.2, 0.25) is 0 Å². The first kappa shape index (κ1) is 11.3. The lowest BCUT2D eigenvalue weighted by atomic mass is 9.50. The van der Waals surface area contributed by atoms with E-state index in [1.807, 2.05) is 12.1 Å². The molecule has 0 atom stereocenters. The molecule has 4 aliphatic rings. The van der Waals surface area contributed by atoms with Crippen molar-refractivity contribution >= 4 is 11.6 Å². The lowest BCUT2D eigenvalue weighted by molar-refractivity contribution is -0.0224. The molecule has 0 saturated heterocycles. The van der Waals surface area contributed by atoms with Crippen molar-refractivity contribution in [3.63, 3.8) is 0 Å². The molecular weight excluding hydrogens is 247 g/mol. The van der Waals surface area contributed by atoms with E-state index >= 15 is 0 Å². The van der Waals surface area contributed by atoms with E-state index in [0.29, 0.717) is 11.8 Å². The monoisotopic (exact) mass is 264 g/mol. The van der Waals surface area contributed by atoms with E-state index in [-0.39, 0.29) is 10.7 Å². The summed E-state index contributed by atoms with van der Waals surface area (Å²) in [6.07, 6.45) is 6.58. The Labute approximate surface area is 113 Å². The Kier molecular flexibility index (Phi) is 2.33. The highest BCUT2D eigenvalue weighted by Crippen LogP contribution is 2.64. The molecule has 5 rings (SSSR count). The molecule has 1 aromatic carbocycles. The number of hydrogen-bond donors (Lipinski definition) is 0. The van der Waals surface area contributed by atoms with Gasteiger partial charge in [0.15, 0.2) is 0 Å². The zero-order valence-corrected chi connectivity index (χ0v) is 11.2. The molecule has 0 N–H and O–H groups in total. The quantitative estimate of drug-likeness (QED) is 0.644. The lowest BCUT2D eigenvalue weighted by Gasteiger charge is -2.59. The molecule has 2 heteroatoms. The van der Waals surface area contributed by atoms with Crippen molar-refractivity contribution in [1.29, 1.82) is 0 Å². The Bertz CT molecular complexity index is 436. The fraction of sp³-hybridized carbons (Fsp3) is 0.625. The molecular formula is C16H18ClF. The topological polar surface area (TPSA) is 0 Å². The molecule has 1 aromatic rings. The normalized spacial score (nSPS) is 45.4. The molecule has 0 spiro atoms. The van der Waals surface area contributed by atoms with Gasteiger partial charge in [-0.15, -0.1) is 11.6 Å². The summed E-state index contributed by atoms with van der Waals surface area (Å²) in [5.41, 5.74) is 1.15. The van der Waals surface area contributed by atoms with Crippen LogP contribution in [-0.4, -0.2) is 0 Å². The number of alkyl halides is 1. The van der Waals surface area contributed by atoms with E-state index in [9.17, 15) is 4.39 Å². The minimum Gasteiger partial charge on any atom is -0.207 e. The first-order valence-corrected chi connectivity index (χ1v) is 7.49. The highest BCUT2D eigenvalue weighted by atomic mass is 35.5. The summed E-state index contributed by atoms with van der Waals surface area (Å²) in [5.74, 6) is 2.89. The third-order valence-corrected chi connectivity index (χ3v) is 6.45. The van der Waals surface area contributed by atoms with Crippen molar-refractivity contribution in [2.45, 2.75) is 37.0 Å². The van der Waals surface area contributed by atoms with Crippen LogP contribution in [0.1, 0.15) is 37.7 Å². The van der Waals surface area contributed by atoms with Crippen molar-refractivity contribution in [3.8, 4) is 0 Å². The Hall–Kier alpha value is -0.560. The molecule has 0 nitrogen and oxygen atoms in total. The molecule has 18 heavy (non-hydrogen) atoms. The molecule has 96 valence electrons. The minimum absolute atomic E-state index is 0.164. The van der Waals surface area contributed by atoms with Crippen LogP contribution < -0.4 is 0 Å². The average molecular weight is 265 g/mol. The summed E-state index contributed by atoms with van der Waals surface area (Å²) in [6, 6.07) is 6.93. The van der Waals surface area contributed by atoms with Crippen LogP contribution in [-0.2, 0) is 4.87 Å². The second-order valence-electron chi connectivity index (χ2n) is 6.58. The predicted octanol–water partition coefficient (Wildman–Crippen LogP) is 4.72. The molecule has 4 bridgehead atoms. The van der Waals surface area contributed by atoms with Gasteiger partial charge in [0, 0.05) is 0 Å². The van der Waals surface area contributed by atoms with E-state index < -0.39 is 0 Å². The second kappa shape index (κ2) is 3.72.